The van der Waals surface area contributed by atoms with Crippen LogP contribution in [0.5, 0.6) is 0 Å². The van der Waals surface area contributed by atoms with Crippen molar-refractivity contribution in [2.24, 2.45) is 69.7 Å². The lowest BCUT2D eigenvalue weighted by atomic mass is 9.96. The van der Waals surface area contributed by atoms with Gasteiger partial charge in [-0.25, -0.2) is 4.79 Å². The highest BCUT2D eigenvalue weighted by Crippen LogP contribution is 2.17. The van der Waals surface area contributed by atoms with Crippen LogP contribution in [0.2, 0.25) is 0 Å². The largest absolute Gasteiger partial charge is 0.480 e. The number of amides is 16. The first-order chi connectivity index (χ1) is 62.0. The van der Waals surface area contributed by atoms with E-state index in [4.69, 9.17) is 61.8 Å². The Hall–Kier alpha value is -11.0. The molecule has 0 spiro atoms. The van der Waals surface area contributed by atoms with Crippen molar-refractivity contribution in [2.75, 3.05) is 69.5 Å². The summed E-state index contributed by atoms with van der Waals surface area (Å²) in [6.45, 7) is 14.6. The average Bonchev–Trinajstić information content (AvgIpc) is 0.837. The number of guanidine groups is 4. The van der Waals surface area contributed by atoms with Gasteiger partial charge in [-0.2, -0.15) is 37.0 Å². The minimum Gasteiger partial charge on any atom is -0.480 e. The molecule has 0 bridgehead atoms. The second-order valence-electron chi connectivity index (χ2n) is 32.8. The molecule has 0 rings (SSSR count). The lowest BCUT2D eigenvalue weighted by molar-refractivity contribution is -0.142. The van der Waals surface area contributed by atoms with Gasteiger partial charge in [0.25, 0.3) is 0 Å². The Morgan fingerprint density at radius 2 is 0.614 bits per heavy atom. The van der Waals surface area contributed by atoms with E-state index in [-0.39, 0.29) is 158 Å². The third kappa shape index (κ3) is 47.9. The number of aliphatic hydroxyl groups is 2. The zero-order chi connectivity index (χ0) is 101. The van der Waals surface area contributed by atoms with Gasteiger partial charge in [-0.15, -0.1) is 0 Å². The second-order valence-corrected chi connectivity index (χ2v) is 34.6. The van der Waals surface area contributed by atoms with Gasteiger partial charge in [0, 0.05) is 37.7 Å². The molecular weight excluding hydrogens is 1790 g/mol. The van der Waals surface area contributed by atoms with Crippen molar-refractivity contribution in [3.8, 4) is 0 Å². The van der Waals surface area contributed by atoms with Crippen LogP contribution in [-0.2, 0) is 81.5 Å². The Morgan fingerprint density at radius 1 is 0.341 bits per heavy atom. The van der Waals surface area contributed by atoms with Crippen LogP contribution in [0.4, 0.5) is 0 Å². The van der Waals surface area contributed by atoms with Gasteiger partial charge >= 0.3 is 5.97 Å². The van der Waals surface area contributed by atoms with Crippen LogP contribution in [0, 0.1) is 51.2 Å². The van der Waals surface area contributed by atoms with E-state index in [2.05, 4.69) is 126 Å². The maximum absolute atomic E-state index is 14.9. The Morgan fingerprint density at radius 3 is 0.939 bits per heavy atom. The molecule has 0 saturated carbocycles. The van der Waals surface area contributed by atoms with Gasteiger partial charge in [0.15, 0.2) is 23.8 Å². The van der Waals surface area contributed by atoms with E-state index in [1.165, 1.54) is 25.6 Å². The number of thiol groups is 2. The number of thioether (sulfide) groups is 1. The van der Waals surface area contributed by atoms with Crippen molar-refractivity contribution < 1.29 is 96.8 Å². The number of rotatable bonds is 68. The first-order valence-electron chi connectivity index (χ1n) is 43.8. The summed E-state index contributed by atoms with van der Waals surface area (Å²) in [5, 5.41) is 109. The molecule has 0 unspecified atom stereocenters. The highest BCUT2D eigenvalue weighted by atomic mass is 32.2. The minimum atomic E-state index is -1.86. The summed E-state index contributed by atoms with van der Waals surface area (Å²) < 4.78 is 0. The third-order valence-electron chi connectivity index (χ3n) is 20.7. The number of aliphatic carboxylic acids is 1. The van der Waals surface area contributed by atoms with E-state index < -0.39 is 252 Å². The number of carbonyl (C=O) groups excluding carboxylic acids is 16. The molecule has 0 fully saturated rings. The van der Waals surface area contributed by atoms with Crippen molar-refractivity contribution in [3.63, 3.8) is 0 Å². The van der Waals surface area contributed by atoms with E-state index in [9.17, 15) is 96.8 Å². The van der Waals surface area contributed by atoms with E-state index in [1.54, 1.807) is 61.6 Å². The molecule has 132 heavy (non-hydrogen) atoms. The molecule has 0 aromatic rings. The van der Waals surface area contributed by atoms with E-state index in [0.29, 0.717) is 6.42 Å². The second kappa shape index (κ2) is 65.5. The smallest absolute Gasteiger partial charge is 0.326 e. The minimum absolute atomic E-state index is 0.00405. The maximum atomic E-state index is 14.9. The summed E-state index contributed by atoms with van der Waals surface area (Å²) in [5.41, 5.74) is 38.8. The van der Waals surface area contributed by atoms with E-state index >= 15 is 0 Å². The molecule has 0 aromatic carbocycles. The van der Waals surface area contributed by atoms with Gasteiger partial charge < -0.3 is 156 Å². The molecule has 50 nitrogen and oxygen atoms in total. The number of carboxylic acids is 1. The van der Waals surface area contributed by atoms with E-state index in [0.717, 1.165) is 0 Å². The number of nitrogens with two attached hydrogens (primary N) is 7. The van der Waals surface area contributed by atoms with Crippen LogP contribution in [0.3, 0.4) is 0 Å². The summed E-state index contributed by atoms with van der Waals surface area (Å²) in [6.07, 6.45) is 1.30. The molecule has 0 aliphatic rings. The third-order valence-corrected chi connectivity index (χ3v) is 22.1. The maximum Gasteiger partial charge on any atom is 0.326 e. The van der Waals surface area contributed by atoms with Crippen LogP contribution in [-0.4, -0.2) is 306 Å². The van der Waals surface area contributed by atoms with Crippen LogP contribution in [0.15, 0.2) is 0 Å². The number of hydrogen-bond donors (Lipinski definition) is 35. The summed E-state index contributed by atoms with van der Waals surface area (Å²) in [4.78, 5) is 238. The lowest BCUT2D eigenvalue weighted by Gasteiger charge is -2.31. The van der Waals surface area contributed by atoms with Crippen LogP contribution < -0.4 is 141 Å². The first-order valence-corrected chi connectivity index (χ1v) is 46.5. The number of carboxylic acid groups (broad SMARTS) is 1. The summed E-state index contributed by atoms with van der Waals surface area (Å²) >= 11 is 9.79. The fourth-order valence-electron chi connectivity index (χ4n) is 12.7. The zero-order valence-electron chi connectivity index (χ0n) is 77.1. The average molecular weight is 1930 g/mol. The van der Waals surface area contributed by atoms with Crippen LogP contribution in [0.25, 0.3) is 0 Å². The molecule has 0 aliphatic carbocycles. The lowest BCUT2D eigenvalue weighted by Crippen LogP contribution is -2.63. The molecule has 0 heterocycles. The monoisotopic (exact) mass is 1930 g/mol. The Balaban J connectivity index is 7.34. The molecule has 40 N–H and O–H groups in total. The van der Waals surface area contributed by atoms with Gasteiger partial charge in [0.05, 0.1) is 19.6 Å². The van der Waals surface area contributed by atoms with Crippen molar-refractivity contribution in [3.05, 3.63) is 0 Å². The van der Waals surface area contributed by atoms with Gasteiger partial charge in [0.2, 0.25) is 94.5 Å². The van der Waals surface area contributed by atoms with Gasteiger partial charge in [-0.1, -0.05) is 82.1 Å². The zero-order valence-corrected chi connectivity index (χ0v) is 79.7. The van der Waals surface area contributed by atoms with Crippen molar-refractivity contribution in [1.29, 1.82) is 21.6 Å². The molecule has 18 atom stereocenters. The molecule has 0 saturated heterocycles. The van der Waals surface area contributed by atoms with Crippen molar-refractivity contribution >= 4 is 161 Å². The fourth-order valence-corrected chi connectivity index (χ4v) is 13.7. The highest BCUT2D eigenvalue weighted by Gasteiger charge is 2.41. The molecule has 0 radical (unpaired) electrons. The van der Waals surface area contributed by atoms with E-state index in [1.807, 2.05) is 0 Å². The Bertz CT molecular complexity index is 3810. The molecular formula is C79H148N30O20S3. The van der Waals surface area contributed by atoms with Crippen LogP contribution >= 0.6 is 37.0 Å². The number of aliphatic hydroxyl groups excluding tert-OH is 2. The first kappa shape index (κ1) is 121. The van der Waals surface area contributed by atoms with Gasteiger partial charge in [0.1, 0.15) is 96.7 Å². The molecule has 752 valence electrons. The number of carbonyl (C=O) groups is 17. The predicted molar refractivity (Wildman–Crippen MR) is 501 cm³/mol. The molecule has 53 heteroatoms. The number of hydrogen-bond acceptors (Lipinski definition) is 28. The Labute approximate surface area is 784 Å². The highest BCUT2D eigenvalue weighted by molar-refractivity contribution is 7.98. The molecule has 0 aromatic heterocycles. The number of nitrogens with one attached hydrogen (secondary N) is 23. The Kier molecular flexibility index (Phi) is 60.0. The molecule has 0 aliphatic heterocycles. The van der Waals surface area contributed by atoms with Crippen molar-refractivity contribution in [1.82, 2.24) is 101 Å². The van der Waals surface area contributed by atoms with Gasteiger partial charge in [-0.05, 0) is 132 Å². The predicted octanol–water partition coefficient (Wildman–Crippen LogP) is -9.22. The summed E-state index contributed by atoms with van der Waals surface area (Å²) in [6, 6.07) is -24.1. The SMILES string of the molecule is CC[C@H](C)[C@H](NC(=O)[C@H](CCCNC(=N)N)NC(=O)[C@H](CCSC)NC(=O)[C@@H](NC(=O)[C@H](CO)NC(=O)[C@@H](NC(=O)[C@H](CC(N)=O)NC(=O)[C@H](CCCCN)NC(=O)[C@H](CS)NC(=O)[C@@H](NC(=O)[C@@H](N)CO)C(C)C)C(C)C)[C@@H](C)CC)C(=O)N[C@@H](CCCNC(=N)N)C(=O)N[C@@H](CC(C)C)C(=O)N[C@@H](CS)C(=O)N[C@@H](CCCNC(=N)N)C(=O)N[C@@H](CCCNC(=N)N)C(=O)O. The summed E-state index contributed by atoms with van der Waals surface area (Å²) in [5.74, 6) is -22.3. The quantitative estimate of drug-likeness (QED) is 0.0116. The summed E-state index contributed by atoms with van der Waals surface area (Å²) in [7, 11) is 0. The standard InChI is InChI=1S/C79H148N30O20S3/c1-12-41(9)58(73(126)98-46(22-17-28-92-77(85)86)63(116)101-50(32-38(3)4)66(119)104-53(36-130)69(122)97-45(21-16-27-91-76(83)84)61(114)100-49(75(128)129)24-19-30-94-79(89)90)108-65(118)47(23-18-29-93-78(87)88)95-64(117)48(25-31-132-11)99-74(127)59(42(10)13-2)109-68(121)52(35-111)103-71(124)57(40(7)8)107-67(120)51(33-55(82)112)102-62(115)44(20-14-15-26-80)96-70(123)54(37-131)105-72(125)56(39(5)6)106-60(113)43(81)34-110/h38-54,56-59,110-111,130-131H,12-37,80-81H2,1-11H3,(H2,82,112)(H,95,117)(H,96,123)(H,97,122)(H,98,126)(H,99,127)(H,100,114)(H,101,116)(H,102,115)(H,103,124)(H,104,119)(H,105,125)(H,106,113)(H,107,120)(H,108,118)(H,109,121)(H,128,129)(H4,83,84,91)(H4,85,86,92)(H4,87,88,93)(H4,89,90,94)/t41-,42-,43-,44-,45-,46-,47-,48-,49-,50-,51-,52-,53-,54-,56-,57-,58-,59-/m0/s1. The topological polar surface area (TPSA) is 857 Å². The molecule has 16 amide bonds. The van der Waals surface area contributed by atoms with Crippen molar-refractivity contribution in [2.45, 2.75) is 269 Å². The number of primary amides is 1. The van der Waals surface area contributed by atoms with Gasteiger partial charge in [-0.3, -0.25) is 98.3 Å². The fraction of sp³-hybridized carbons (Fsp3) is 0.734. The number of unbranched alkanes of at least 4 members (excludes halogenated alkanes) is 1. The normalized spacial score (nSPS) is 15.2. The van der Waals surface area contributed by atoms with Crippen LogP contribution in [0.1, 0.15) is 172 Å².